The molecule has 0 saturated heterocycles. The van der Waals surface area contributed by atoms with Crippen LogP contribution >= 0.6 is 11.8 Å². The molecular weight excluding hydrogens is 329 g/mol. The normalized spacial score (nSPS) is 30.8. The molecule has 3 rings (SSSR count). The summed E-state index contributed by atoms with van der Waals surface area (Å²) >= 11 is 1.92. The minimum absolute atomic E-state index is 0.0946. The van der Waals surface area contributed by atoms with E-state index in [1.54, 1.807) is 12.2 Å². The summed E-state index contributed by atoms with van der Waals surface area (Å²) in [5.41, 5.74) is 0. The van der Waals surface area contributed by atoms with E-state index >= 15 is 0 Å². The fourth-order valence-electron chi connectivity index (χ4n) is 2.55. The molecule has 1 aliphatic heterocycles. The maximum atomic E-state index is 13.3. The number of alkyl halides is 3. The monoisotopic (exact) mass is 343 g/mol. The number of hydrogen-bond donors (Lipinski definition) is 1. The van der Waals surface area contributed by atoms with Gasteiger partial charge in [0.15, 0.2) is 0 Å². The maximum Gasteiger partial charge on any atom is 0.477 e. The molecular formula is C16H14F3OS2+. The molecule has 6 heteroatoms. The third-order valence-corrected chi connectivity index (χ3v) is 6.34. The molecule has 22 heavy (non-hydrogen) atoms. The van der Waals surface area contributed by atoms with Crippen molar-refractivity contribution in [1.82, 2.24) is 0 Å². The number of aliphatic hydroxyl groups is 1. The van der Waals surface area contributed by atoms with E-state index in [1.807, 2.05) is 42.5 Å². The van der Waals surface area contributed by atoms with E-state index in [0.29, 0.717) is 16.2 Å². The average Bonchev–Trinajstić information content (AvgIpc) is 2.47. The Morgan fingerprint density at radius 3 is 2.59 bits per heavy atom. The van der Waals surface area contributed by atoms with Gasteiger partial charge in [-0.2, -0.15) is 13.2 Å². The molecule has 1 N–H and O–H groups in total. The Balaban J connectivity index is 1.95. The molecule has 3 unspecified atom stereocenters. The van der Waals surface area contributed by atoms with Gasteiger partial charge in [-0.05, 0) is 18.2 Å². The summed E-state index contributed by atoms with van der Waals surface area (Å²) in [7, 11) is 0. The van der Waals surface area contributed by atoms with Gasteiger partial charge in [0.25, 0.3) is 0 Å². The minimum Gasteiger partial charge on any atom is -0.333 e. The van der Waals surface area contributed by atoms with Gasteiger partial charge in [0.1, 0.15) is 0 Å². The van der Waals surface area contributed by atoms with Gasteiger partial charge in [-0.15, -0.1) is 11.8 Å². The van der Waals surface area contributed by atoms with Crippen LogP contribution in [0.5, 0.6) is 0 Å². The molecule has 1 aromatic rings. The minimum atomic E-state index is -4.65. The van der Waals surface area contributed by atoms with Gasteiger partial charge in [-0.1, -0.05) is 36.4 Å². The third kappa shape index (κ3) is 3.00. The zero-order valence-electron chi connectivity index (χ0n) is 11.5. The number of allylic oxidation sites excluding steroid dienone is 4. The summed E-state index contributed by atoms with van der Waals surface area (Å²) in [6, 6.07) is 9.34. The lowest BCUT2D eigenvalue weighted by Crippen LogP contribution is -2.52. The SMILES string of the molecule is OC1(C(F)(F)F)CC(Sc2ccccc2)C2C=CC=CC2=[S+]1. The topological polar surface area (TPSA) is 20.2 Å². The van der Waals surface area contributed by atoms with Crippen molar-refractivity contribution >= 4 is 28.0 Å². The summed E-state index contributed by atoms with van der Waals surface area (Å²) in [6.07, 6.45) is 2.17. The van der Waals surface area contributed by atoms with E-state index in [9.17, 15) is 18.3 Å². The Kier molecular flexibility index (Phi) is 4.18. The van der Waals surface area contributed by atoms with Crippen molar-refractivity contribution in [3.8, 4) is 0 Å². The van der Waals surface area contributed by atoms with E-state index in [1.165, 1.54) is 11.8 Å². The Hall–Kier alpha value is -1.11. The van der Waals surface area contributed by atoms with Gasteiger partial charge >= 0.3 is 11.1 Å². The first-order chi connectivity index (χ1) is 10.4. The lowest BCUT2D eigenvalue weighted by Gasteiger charge is -2.31. The van der Waals surface area contributed by atoms with Crippen LogP contribution in [0.15, 0.2) is 59.5 Å². The standard InChI is InChI=1S/C16H14F3OS2/c17-16(18,19)15(20)10-14(21-11-6-2-1-3-7-11)12-8-4-5-9-13(12)22-15/h1-9,12,14,20H,10H2/q+1. The first kappa shape index (κ1) is 15.8. The summed E-state index contributed by atoms with van der Waals surface area (Å²) in [6.45, 7) is 0. The van der Waals surface area contributed by atoms with Crippen LogP contribution in [0.4, 0.5) is 13.2 Å². The van der Waals surface area contributed by atoms with Crippen molar-refractivity contribution in [2.75, 3.05) is 0 Å². The molecule has 1 heterocycles. The summed E-state index contributed by atoms with van der Waals surface area (Å²) in [5, 5.41) is 9.79. The largest absolute Gasteiger partial charge is 0.477 e. The van der Waals surface area contributed by atoms with Crippen LogP contribution in [0.3, 0.4) is 0 Å². The molecule has 1 aliphatic carbocycles. The average molecular weight is 343 g/mol. The summed E-state index contributed by atoms with van der Waals surface area (Å²) < 4.78 is 39.8. The van der Waals surface area contributed by atoms with Crippen molar-refractivity contribution in [2.45, 2.75) is 27.7 Å². The molecule has 0 fully saturated rings. The Bertz CT molecular complexity index is 637. The molecule has 116 valence electrons. The first-order valence-corrected chi connectivity index (χ1v) is 8.50. The second-order valence-corrected chi connectivity index (χ2v) is 7.89. The van der Waals surface area contributed by atoms with Crippen LogP contribution in [-0.4, -0.2) is 26.3 Å². The van der Waals surface area contributed by atoms with Crippen LogP contribution in [0.1, 0.15) is 6.42 Å². The molecule has 2 aliphatic rings. The van der Waals surface area contributed by atoms with Gasteiger partial charge < -0.3 is 5.11 Å². The molecule has 0 spiro atoms. The van der Waals surface area contributed by atoms with Gasteiger partial charge in [-0.3, -0.25) is 0 Å². The van der Waals surface area contributed by atoms with Gasteiger partial charge in [0.05, 0.1) is 12.3 Å². The van der Waals surface area contributed by atoms with Crippen molar-refractivity contribution in [2.24, 2.45) is 5.92 Å². The lowest BCUT2D eigenvalue weighted by atomic mass is 9.92. The first-order valence-electron chi connectivity index (χ1n) is 6.81. The molecule has 1 nitrogen and oxygen atoms in total. The molecule has 3 atom stereocenters. The molecule has 0 aromatic heterocycles. The zero-order valence-corrected chi connectivity index (χ0v) is 13.1. The van der Waals surface area contributed by atoms with E-state index in [0.717, 1.165) is 4.90 Å². The van der Waals surface area contributed by atoms with Gasteiger partial charge in [0.2, 0.25) is 16.2 Å². The number of thioether (sulfide) groups is 1. The van der Waals surface area contributed by atoms with Crippen LogP contribution < -0.4 is 0 Å². The molecule has 0 bridgehead atoms. The Morgan fingerprint density at radius 2 is 1.91 bits per heavy atom. The fourth-order valence-corrected chi connectivity index (χ4v) is 5.41. The second kappa shape index (κ2) is 5.83. The fraction of sp³-hybridized carbons (Fsp3) is 0.312. The number of hydrogen-bond acceptors (Lipinski definition) is 2. The van der Waals surface area contributed by atoms with Crippen LogP contribution in [0, 0.1) is 5.92 Å². The smallest absolute Gasteiger partial charge is 0.333 e. The van der Waals surface area contributed by atoms with Crippen molar-refractivity contribution in [1.29, 1.82) is 0 Å². The van der Waals surface area contributed by atoms with E-state index in [2.05, 4.69) is 0 Å². The maximum absolute atomic E-state index is 13.3. The molecule has 1 aromatic carbocycles. The zero-order chi connectivity index (χ0) is 15.8. The van der Waals surface area contributed by atoms with E-state index in [4.69, 9.17) is 0 Å². The predicted molar refractivity (Wildman–Crippen MR) is 85.9 cm³/mol. The highest BCUT2D eigenvalue weighted by molar-refractivity contribution is 8.00. The van der Waals surface area contributed by atoms with Crippen LogP contribution in [0.25, 0.3) is 0 Å². The number of benzene rings is 1. The number of fused-ring (bicyclic) bond motifs is 1. The quantitative estimate of drug-likeness (QED) is 0.651. The van der Waals surface area contributed by atoms with E-state index in [-0.39, 0.29) is 17.6 Å². The highest BCUT2D eigenvalue weighted by Gasteiger charge is 2.67. The molecule has 0 radical (unpaired) electrons. The Labute approximate surface area is 134 Å². The van der Waals surface area contributed by atoms with Gasteiger partial charge in [0, 0.05) is 10.1 Å². The second-order valence-electron chi connectivity index (χ2n) is 5.23. The van der Waals surface area contributed by atoms with Crippen molar-refractivity contribution < 1.29 is 18.3 Å². The Morgan fingerprint density at radius 1 is 1.18 bits per heavy atom. The lowest BCUT2D eigenvalue weighted by molar-refractivity contribution is -0.222. The highest BCUT2D eigenvalue weighted by Crippen LogP contribution is 2.44. The predicted octanol–water partition coefficient (Wildman–Crippen LogP) is 3.80. The van der Waals surface area contributed by atoms with Crippen LogP contribution in [0.2, 0.25) is 0 Å². The molecule has 0 amide bonds. The highest BCUT2D eigenvalue weighted by atomic mass is 32.2. The number of halogens is 3. The summed E-state index contributed by atoms with van der Waals surface area (Å²) in [5.74, 6) is -0.0946. The van der Waals surface area contributed by atoms with Crippen molar-refractivity contribution in [3.63, 3.8) is 0 Å². The van der Waals surface area contributed by atoms with Crippen molar-refractivity contribution in [3.05, 3.63) is 54.6 Å². The third-order valence-electron chi connectivity index (χ3n) is 3.66. The van der Waals surface area contributed by atoms with Gasteiger partial charge in [-0.25, -0.2) is 0 Å². The summed E-state index contributed by atoms with van der Waals surface area (Å²) in [4.78, 5) is -1.24. The van der Waals surface area contributed by atoms with Crippen LogP contribution in [-0.2, 0) is 11.4 Å². The van der Waals surface area contributed by atoms with E-state index < -0.39 is 11.1 Å². The number of rotatable bonds is 2. The molecule has 0 saturated carbocycles.